The molecule has 122 valence electrons. The summed E-state index contributed by atoms with van der Waals surface area (Å²) in [5, 5.41) is 13.2. The van der Waals surface area contributed by atoms with Crippen LogP contribution in [0, 0.1) is 12.8 Å². The standard InChI is InChI=1S/C18H18N4O2/c1-10-8-14-17(15(23)9-10)19-20-18-16(11(2)21-22(14)18)12-4-6-13(24-3)7-5-12/h4-7,10H,8-9H2,1-3H3. The molecule has 0 saturated carbocycles. The van der Waals surface area contributed by atoms with Gasteiger partial charge in [-0.15, -0.1) is 10.2 Å². The SMILES string of the molecule is COc1ccc(-c2c(C)nn3c4c(nnc23)C(=O)CC(C)C4)cc1. The second-order valence-corrected chi connectivity index (χ2v) is 6.36. The van der Waals surface area contributed by atoms with Gasteiger partial charge in [-0.05, 0) is 37.0 Å². The molecule has 1 aromatic carbocycles. The molecular weight excluding hydrogens is 304 g/mol. The van der Waals surface area contributed by atoms with E-state index in [0.717, 1.165) is 34.7 Å². The average molecular weight is 322 g/mol. The van der Waals surface area contributed by atoms with Crippen molar-refractivity contribution in [2.75, 3.05) is 7.11 Å². The number of carbonyl (C=O) groups is 1. The lowest BCUT2D eigenvalue weighted by Gasteiger charge is -2.19. The first-order valence-electron chi connectivity index (χ1n) is 8.01. The number of benzene rings is 1. The number of aromatic nitrogens is 4. The summed E-state index contributed by atoms with van der Waals surface area (Å²) in [5.41, 5.74) is 4.84. The third-order valence-electron chi connectivity index (χ3n) is 4.53. The number of rotatable bonds is 2. The fraction of sp³-hybridized carbons (Fsp3) is 0.333. The summed E-state index contributed by atoms with van der Waals surface area (Å²) in [4.78, 5) is 12.2. The molecule has 0 fully saturated rings. The van der Waals surface area contributed by atoms with Crippen molar-refractivity contribution in [1.29, 1.82) is 0 Å². The van der Waals surface area contributed by atoms with Crippen LogP contribution in [0.1, 0.15) is 35.2 Å². The molecule has 0 spiro atoms. The maximum absolute atomic E-state index is 12.2. The summed E-state index contributed by atoms with van der Waals surface area (Å²) in [6.45, 7) is 4.03. The van der Waals surface area contributed by atoms with E-state index in [0.29, 0.717) is 23.7 Å². The molecule has 2 aromatic heterocycles. The van der Waals surface area contributed by atoms with Crippen LogP contribution < -0.4 is 4.74 Å². The van der Waals surface area contributed by atoms with Crippen LogP contribution in [0.15, 0.2) is 24.3 Å². The van der Waals surface area contributed by atoms with E-state index in [1.807, 2.05) is 31.2 Å². The van der Waals surface area contributed by atoms with Gasteiger partial charge in [-0.1, -0.05) is 19.1 Å². The summed E-state index contributed by atoms with van der Waals surface area (Å²) >= 11 is 0. The van der Waals surface area contributed by atoms with E-state index in [-0.39, 0.29) is 5.78 Å². The first-order chi connectivity index (χ1) is 11.6. The molecule has 1 unspecified atom stereocenters. The molecule has 0 N–H and O–H groups in total. The molecule has 6 nitrogen and oxygen atoms in total. The Bertz CT molecular complexity index is 944. The Hall–Kier alpha value is -2.76. The molecule has 0 bridgehead atoms. The van der Waals surface area contributed by atoms with Gasteiger partial charge >= 0.3 is 0 Å². The van der Waals surface area contributed by atoms with Crippen molar-refractivity contribution in [2.45, 2.75) is 26.7 Å². The number of hydrogen-bond acceptors (Lipinski definition) is 5. The highest BCUT2D eigenvalue weighted by Crippen LogP contribution is 2.31. The quantitative estimate of drug-likeness (QED) is 0.725. The van der Waals surface area contributed by atoms with Gasteiger partial charge in [0, 0.05) is 6.42 Å². The molecular formula is C18H18N4O2. The van der Waals surface area contributed by atoms with Crippen molar-refractivity contribution in [3.63, 3.8) is 0 Å². The Morgan fingerprint density at radius 1 is 1.17 bits per heavy atom. The number of ether oxygens (including phenoxy) is 1. The molecule has 1 atom stereocenters. The van der Waals surface area contributed by atoms with Crippen LogP contribution in [-0.4, -0.2) is 32.7 Å². The third kappa shape index (κ3) is 2.18. The van der Waals surface area contributed by atoms with Gasteiger partial charge in [0.05, 0.1) is 24.1 Å². The lowest BCUT2D eigenvalue weighted by atomic mass is 9.90. The van der Waals surface area contributed by atoms with Crippen molar-refractivity contribution < 1.29 is 9.53 Å². The molecule has 0 amide bonds. The van der Waals surface area contributed by atoms with E-state index in [9.17, 15) is 4.79 Å². The molecule has 1 aliphatic rings. The maximum atomic E-state index is 12.2. The van der Waals surface area contributed by atoms with E-state index in [1.165, 1.54) is 0 Å². The highest BCUT2D eigenvalue weighted by Gasteiger charge is 2.28. The first kappa shape index (κ1) is 14.8. The van der Waals surface area contributed by atoms with Gasteiger partial charge in [0.2, 0.25) is 0 Å². The van der Waals surface area contributed by atoms with Crippen LogP contribution in [0.3, 0.4) is 0 Å². The third-order valence-corrected chi connectivity index (χ3v) is 4.53. The molecule has 24 heavy (non-hydrogen) atoms. The van der Waals surface area contributed by atoms with Crippen molar-refractivity contribution in [3.8, 4) is 16.9 Å². The maximum Gasteiger partial charge on any atom is 0.185 e. The van der Waals surface area contributed by atoms with Crippen LogP contribution in [0.5, 0.6) is 5.75 Å². The second-order valence-electron chi connectivity index (χ2n) is 6.36. The van der Waals surface area contributed by atoms with Gasteiger partial charge in [0.15, 0.2) is 17.1 Å². The molecule has 6 heteroatoms. The van der Waals surface area contributed by atoms with Gasteiger partial charge in [-0.25, -0.2) is 4.52 Å². The fourth-order valence-electron chi connectivity index (χ4n) is 3.36. The number of fused-ring (bicyclic) bond motifs is 3. The highest BCUT2D eigenvalue weighted by atomic mass is 16.5. The summed E-state index contributed by atoms with van der Waals surface area (Å²) in [6, 6.07) is 7.79. The van der Waals surface area contributed by atoms with Crippen molar-refractivity contribution in [3.05, 3.63) is 41.3 Å². The molecule has 0 radical (unpaired) electrons. The van der Waals surface area contributed by atoms with Crippen LogP contribution in [-0.2, 0) is 6.42 Å². The Morgan fingerprint density at radius 2 is 1.92 bits per heavy atom. The largest absolute Gasteiger partial charge is 0.497 e. The Kier molecular flexibility index (Phi) is 3.33. The predicted octanol–water partition coefficient (Wildman–Crippen LogP) is 2.87. The van der Waals surface area contributed by atoms with E-state index >= 15 is 0 Å². The fourth-order valence-corrected chi connectivity index (χ4v) is 3.36. The van der Waals surface area contributed by atoms with Crippen molar-refractivity contribution in [2.24, 2.45) is 5.92 Å². The average Bonchev–Trinajstić information content (AvgIpc) is 2.91. The molecule has 0 saturated heterocycles. The van der Waals surface area contributed by atoms with Crippen molar-refractivity contribution >= 4 is 11.4 Å². The number of hydrogen-bond donors (Lipinski definition) is 0. The summed E-state index contributed by atoms with van der Waals surface area (Å²) < 4.78 is 7.01. The summed E-state index contributed by atoms with van der Waals surface area (Å²) in [5.74, 6) is 1.15. The molecule has 1 aliphatic carbocycles. The Morgan fingerprint density at radius 3 is 2.62 bits per heavy atom. The Labute approximate surface area is 139 Å². The number of nitrogens with zero attached hydrogens (tertiary/aromatic N) is 4. The minimum absolute atomic E-state index is 0.0531. The minimum Gasteiger partial charge on any atom is -0.497 e. The van der Waals surface area contributed by atoms with Gasteiger partial charge < -0.3 is 4.74 Å². The first-order valence-corrected chi connectivity index (χ1v) is 8.01. The smallest absolute Gasteiger partial charge is 0.185 e. The van der Waals surface area contributed by atoms with Crippen LogP contribution in [0.2, 0.25) is 0 Å². The monoisotopic (exact) mass is 322 g/mol. The zero-order valence-corrected chi connectivity index (χ0v) is 13.9. The predicted molar refractivity (Wildman–Crippen MR) is 89.3 cm³/mol. The lowest BCUT2D eigenvalue weighted by Crippen LogP contribution is -2.23. The van der Waals surface area contributed by atoms with E-state index < -0.39 is 0 Å². The van der Waals surface area contributed by atoms with Gasteiger partial charge in [0.25, 0.3) is 0 Å². The van der Waals surface area contributed by atoms with E-state index in [2.05, 4.69) is 22.2 Å². The van der Waals surface area contributed by atoms with Gasteiger partial charge in [-0.2, -0.15) is 5.10 Å². The zero-order valence-electron chi connectivity index (χ0n) is 13.9. The number of ketones is 1. The number of carbonyl (C=O) groups excluding carboxylic acids is 1. The van der Waals surface area contributed by atoms with Crippen LogP contribution in [0.25, 0.3) is 16.8 Å². The van der Waals surface area contributed by atoms with E-state index in [1.54, 1.807) is 11.6 Å². The molecule has 4 rings (SSSR count). The van der Waals surface area contributed by atoms with Crippen LogP contribution >= 0.6 is 0 Å². The minimum atomic E-state index is 0.0531. The van der Waals surface area contributed by atoms with E-state index in [4.69, 9.17) is 4.74 Å². The highest BCUT2D eigenvalue weighted by molar-refractivity contribution is 5.96. The topological polar surface area (TPSA) is 69.4 Å². The van der Waals surface area contributed by atoms with Crippen molar-refractivity contribution in [1.82, 2.24) is 19.8 Å². The van der Waals surface area contributed by atoms with Crippen LogP contribution in [0.4, 0.5) is 0 Å². The second kappa shape index (κ2) is 5.40. The molecule has 0 aliphatic heterocycles. The number of aryl methyl sites for hydroxylation is 1. The normalized spacial score (nSPS) is 17.1. The number of methoxy groups -OCH3 is 1. The lowest BCUT2D eigenvalue weighted by molar-refractivity contribution is 0.0944. The zero-order chi connectivity index (χ0) is 16.8. The Balaban J connectivity index is 1.93. The summed E-state index contributed by atoms with van der Waals surface area (Å²) in [7, 11) is 1.64. The molecule has 2 heterocycles. The number of Topliss-reactive ketones (excluding diaryl/α,β-unsaturated/α-hetero) is 1. The molecule has 3 aromatic rings. The van der Waals surface area contributed by atoms with Gasteiger partial charge in [0.1, 0.15) is 5.75 Å². The summed E-state index contributed by atoms with van der Waals surface area (Å²) in [6.07, 6.45) is 1.31. The van der Waals surface area contributed by atoms with Gasteiger partial charge in [-0.3, -0.25) is 4.79 Å².